The first-order valence-electron chi connectivity index (χ1n) is 6.98. The van der Waals surface area contributed by atoms with Crippen molar-refractivity contribution >= 4 is 23.4 Å². The number of para-hydroxylation sites is 1. The highest BCUT2D eigenvalue weighted by Crippen LogP contribution is 2.23. The first kappa shape index (κ1) is 16.6. The molecule has 0 saturated carbocycles. The molecule has 3 nitrogen and oxygen atoms in total. The highest BCUT2D eigenvalue weighted by atomic mass is 32.2. The normalized spacial score (nSPS) is 11.7. The number of thioether (sulfide) groups is 1. The number of benzene rings is 1. The summed E-state index contributed by atoms with van der Waals surface area (Å²) in [4.78, 5) is 12.2. The summed E-state index contributed by atoms with van der Waals surface area (Å²) in [6.07, 6.45) is 2.30. The van der Waals surface area contributed by atoms with Crippen molar-refractivity contribution in [3.8, 4) is 6.07 Å². The fourth-order valence-corrected chi connectivity index (χ4v) is 2.79. The number of hydrogen-bond acceptors (Lipinski definition) is 3. The monoisotopic (exact) mass is 290 g/mol. The summed E-state index contributed by atoms with van der Waals surface area (Å²) >= 11 is 1.60. The average molecular weight is 290 g/mol. The maximum Gasteiger partial charge on any atom is 0.237 e. The van der Waals surface area contributed by atoms with Crippen molar-refractivity contribution in [3.63, 3.8) is 0 Å². The topological polar surface area (TPSA) is 52.9 Å². The number of nitriles is 1. The van der Waals surface area contributed by atoms with E-state index in [4.69, 9.17) is 5.26 Å². The lowest BCUT2D eigenvalue weighted by atomic mass is 10.1. The van der Waals surface area contributed by atoms with Crippen LogP contribution in [0.4, 0.5) is 5.69 Å². The van der Waals surface area contributed by atoms with Crippen LogP contribution in [0.1, 0.15) is 37.8 Å². The van der Waals surface area contributed by atoms with Gasteiger partial charge in [0.15, 0.2) is 0 Å². The number of nitrogens with one attached hydrogen (secondary N) is 1. The van der Waals surface area contributed by atoms with Gasteiger partial charge in [0.25, 0.3) is 0 Å². The van der Waals surface area contributed by atoms with Gasteiger partial charge in [0.2, 0.25) is 5.91 Å². The first-order chi connectivity index (χ1) is 9.60. The Hall–Kier alpha value is -1.47. The minimum absolute atomic E-state index is 0.0379. The molecule has 0 aliphatic carbocycles. The van der Waals surface area contributed by atoms with Gasteiger partial charge in [0.05, 0.1) is 11.3 Å². The second-order valence-corrected chi connectivity index (χ2v) is 6.18. The molecule has 1 unspecified atom stereocenters. The highest BCUT2D eigenvalue weighted by molar-refractivity contribution is 8.00. The second-order valence-electron chi connectivity index (χ2n) is 4.73. The Morgan fingerprint density at radius 2 is 2.25 bits per heavy atom. The third-order valence-electron chi connectivity index (χ3n) is 3.16. The van der Waals surface area contributed by atoms with Crippen LogP contribution in [0.25, 0.3) is 0 Å². The lowest BCUT2D eigenvalue weighted by molar-refractivity contribution is -0.115. The zero-order valence-corrected chi connectivity index (χ0v) is 13.2. The molecule has 0 heterocycles. The van der Waals surface area contributed by atoms with E-state index in [9.17, 15) is 4.79 Å². The lowest BCUT2D eigenvalue weighted by Crippen LogP contribution is -2.24. The molecule has 108 valence electrons. The Bertz CT molecular complexity index is 494. The molecule has 1 N–H and O–H groups in total. The summed E-state index contributed by atoms with van der Waals surface area (Å²) in [5.74, 6) is 0.882. The predicted octanol–water partition coefficient (Wildman–Crippen LogP) is 3.92. The molecule has 4 heteroatoms. The van der Waals surface area contributed by atoms with Crippen LogP contribution >= 0.6 is 11.8 Å². The number of carbonyl (C=O) groups is 1. The molecule has 0 bridgehead atoms. The number of anilines is 1. The number of nitrogens with zero attached hydrogens (tertiary/aromatic N) is 1. The molecule has 0 saturated heterocycles. The quantitative estimate of drug-likeness (QED) is 0.774. The van der Waals surface area contributed by atoms with E-state index in [-0.39, 0.29) is 11.2 Å². The van der Waals surface area contributed by atoms with Crippen LogP contribution in [0.3, 0.4) is 0 Å². The predicted molar refractivity (Wildman–Crippen MR) is 86.0 cm³/mol. The summed E-state index contributed by atoms with van der Waals surface area (Å²) in [7, 11) is 0. The molecule has 1 amide bonds. The van der Waals surface area contributed by atoms with Gasteiger partial charge in [0.1, 0.15) is 0 Å². The number of unbranched alkanes of at least 4 members (excludes halogenated alkanes) is 1. The molecule has 0 aliphatic heterocycles. The maximum atomic E-state index is 12.2. The van der Waals surface area contributed by atoms with Crippen molar-refractivity contribution in [2.24, 2.45) is 0 Å². The van der Waals surface area contributed by atoms with Crippen LogP contribution < -0.4 is 5.32 Å². The molecule has 0 radical (unpaired) electrons. The van der Waals surface area contributed by atoms with Gasteiger partial charge in [-0.25, -0.2) is 0 Å². The van der Waals surface area contributed by atoms with Gasteiger partial charge < -0.3 is 5.32 Å². The van der Waals surface area contributed by atoms with Gasteiger partial charge >= 0.3 is 0 Å². The third kappa shape index (κ3) is 4.90. The van der Waals surface area contributed by atoms with Gasteiger partial charge in [-0.1, -0.05) is 25.1 Å². The number of hydrogen-bond donors (Lipinski definition) is 1. The van der Waals surface area contributed by atoms with Crippen molar-refractivity contribution in [1.29, 1.82) is 5.26 Å². The summed E-state index contributed by atoms with van der Waals surface area (Å²) < 4.78 is 0. The summed E-state index contributed by atoms with van der Waals surface area (Å²) in [5.41, 5.74) is 3.21. The van der Waals surface area contributed by atoms with Crippen molar-refractivity contribution in [2.75, 3.05) is 11.1 Å². The van der Waals surface area contributed by atoms with Crippen LogP contribution in [0.2, 0.25) is 0 Å². The van der Waals surface area contributed by atoms with Gasteiger partial charge in [-0.05, 0) is 43.6 Å². The molecule has 0 aliphatic rings. The van der Waals surface area contributed by atoms with E-state index < -0.39 is 0 Å². The largest absolute Gasteiger partial charge is 0.325 e. The van der Waals surface area contributed by atoms with Crippen LogP contribution in [0, 0.1) is 18.3 Å². The van der Waals surface area contributed by atoms with Gasteiger partial charge in [-0.15, -0.1) is 11.8 Å². The van der Waals surface area contributed by atoms with E-state index in [2.05, 4.69) is 18.3 Å². The van der Waals surface area contributed by atoms with E-state index in [1.807, 2.05) is 32.0 Å². The molecule has 1 aromatic rings. The smallest absolute Gasteiger partial charge is 0.237 e. The second kappa shape index (κ2) is 8.65. The average Bonchev–Trinajstić information content (AvgIpc) is 2.45. The number of amides is 1. The minimum atomic E-state index is -0.0991. The van der Waals surface area contributed by atoms with E-state index in [1.165, 1.54) is 5.56 Å². The molecule has 20 heavy (non-hydrogen) atoms. The molecule has 1 atom stereocenters. The fourth-order valence-electron chi connectivity index (χ4n) is 1.91. The SMILES string of the molecule is CCc1cccc(C)c1NC(=O)C(C)SCCCC#N. The third-order valence-corrected chi connectivity index (χ3v) is 4.40. The first-order valence-corrected chi connectivity index (χ1v) is 8.03. The molecule has 0 fully saturated rings. The number of carbonyl (C=O) groups excluding carboxylic acids is 1. The van der Waals surface area contributed by atoms with E-state index in [1.54, 1.807) is 11.8 Å². The Labute approximate surface area is 125 Å². The molecule has 0 spiro atoms. The van der Waals surface area contributed by atoms with Crippen LogP contribution in [0.15, 0.2) is 18.2 Å². The Morgan fingerprint density at radius 1 is 1.50 bits per heavy atom. The van der Waals surface area contributed by atoms with Gasteiger partial charge in [-0.2, -0.15) is 5.26 Å². The molecule has 0 aromatic heterocycles. The zero-order chi connectivity index (χ0) is 15.0. The lowest BCUT2D eigenvalue weighted by Gasteiger charge is -2.16. The molecule has 1 aromatic carbocycles. The molecule has 1 rings (SSSR count). The standard InChI is InChI=1S/C16H22N2OS/c1-4-14-9-7-8-12(2)15(14)18-16(19)13(3)20-11-6-5-10-17/h7-9,13H,4-6,11H2,1-3H3,(H,18,19). The molecular formula is C16H22N2OS. The summed E-state index contributed by atoms with van der Waals surface area (Å²) in [6, 6.07) is 8.20. The number of rotatable bonds is 7. The van der Waals surface area contributed by atoms with E-state index in [0.29, 0.717) is 6.42 Å². The van der Waals surface area contributed by atoms with E-state index >= 15 is 0 Å². The van der Waals surface area contributed by atoms with Crippen molar-refractivity contribution in [2.45, 2.75) is 45.3 Å². The van der Waals surface area contributed by atoms with E-state index in [0.717, 1.165) is 29.8 Å². The minimum Gasteiger partial charge on any atom is -0.325 e. The van der Waals surface area contributed by atoms with Gasteiger partial charge in [-0.3, -0.25) is 4.79 Å². The number of aryl methyl sites for hydroxylation is 2. The fraction of sp³-hybridized carbons (Fsp3) is 0.500. The Balaban J connectivity index is 2.60. The Kier molecular flexibility index (Phi) is 7.17. The van der Waals surface area contributed by atoms with Crippen LogP contribution in [-0.2, 0) is 11.2 Å². The summed E-state index contributed by atoms with van der Waals surface area (Å²) in [6.45, 7) is 6.01. The van der Waals surface area contributed by atoms with Crippen molar-refractivity contribution in [3.05, 3.63) is 29.3 Å². The van der Waals surface area contributed by atoms with Gasteiger partial charge in [0, 0.05) is 12.1 Å². The van der Waals surface area contributed by atoms with Crippen LogP contribution in [-0.4, -0.2) is 16.9 Å². The zero-order valence-electron chi connectivity index (χ0n) is 12.4. The summed E-state index contributed by atoms with van der Waals surface area (Å²) in [5, 5.41) is 11.4. The molecular weight excluding hydrogens is 268 g/mol. The van der Waals surface area contributed by atoms with Crippen molar-refractivity contribution < 1.29 is 4.79 Å². The van der Waals surface area contributed by atoms with Crippen LogP contribution in [0.5, 0.6) is 0 Å². The highest BCUT2D eigenvalue weighted by Gasteiger charge is 2.15. The maximum absolute atomic E-state index is 12.2. The Morgan fingerprint density at radius 3 is 2.90 bits per heavy atom. The van der Waals surface area contributed by atoms with Crippen molar-refractivity contribution in [1.82, 2.24) is 0 Å².